The van der Waals surface area contributed by atoms with Crippen LogP contribution in [-0.4, -0.2) is 19.1 Å². The first-order chi connectivity index (χ1) is 7.56. The lowest BCUT2D eigenvalue weighted by atomic mass is 9.94. The van der Waals surface area contributed by atoms with Gasteiger partial charge in [-0.15, -0.1) is 0 Å². The SMILES string of the molecule is Cc1cc(C)cc(N2CCC(N)C(C)C2)c1. The van der Waals surface area contributed by atoms with E-state index in [1.807, 2.05) is 0 Å². The molecular formula is C14H22N2. The van der Waals surface area contributed by atoms with Crippen molar-refractivity contribution in [1.82, 2.24) is 0 Å². The molecule has 0 saturated carbocycles. The van der Waals surface area contributed by atoms with Gasteiger partial charge in [-0.05, 0) is 49.4 Å². The first-order valence-corrected chi connectivity index (χ1v) is 6.15. The molecule has 2 rings (SSSR count). The molecule has 1 heterocycles. The molecular weight excluding hydrogens is 196 g/mol. The van der Waals surface area contributed by atoms with Crippen molar-refractivity contribution in [2.75, 3.05) is 18.0 Å². The summed E-state index contributed by atoms with van der Waals surface area (Å²) in [4.78, 5) is 2.47. The first-order valence-electron chi connectivity index (χ1n) is 6.15. The Balaban J connectivity index is 2.18. The van der Waals surface area contributed by atoms with Crippen molar-refractivity contribution < 1.29 is 0 Å². The van der Waals surface area contributed by atoms with Crippen LogP contribution in [0.1, 0.15) is 24.5 Å². The number of nitrogens with zero attached hydrogens (tertiary/aromatic N) is 1. The summed E-state index contributed by atoms with van der Waals surface area (Å²) in [6, 6.07) is 7.15. The zero-order chi connectivity index (χ0) is 11.7. The Bertz CT molecular complexity index is 353. The fourth-order valence-corrected chi connectivity index (χ4v) is 2.53. The third kappa shape index (κ3) is 2.38. The Morgan fingerprint density at radius 3 is 2.38 bits per heavy atom. The minimum absolute atomic E-state index is 0.377. The number of hydrogen-bond donors (Lipinski definition) is 1. The minimum Gasteiger partial charge on any atom is -0.371 e. The maximum absolute atomic E-state index is 6.05. The number of rotatable bonds is 1. The zero-order valence-corrected chi connectivity index (χ0v) is 10.5. The molecule has 0 radical (unpaired) electrons. The molecule has 1 saturated heterocycles. The van der Waals surface area contributed by atoms with Crippen LogP contribution in [0.5, 0.6) is 0 Å². The van der Waals surface area contributed by atoms with Gasteiger partial charge in [-0.25, -0.2) is 0 Å². The van der Waals surface area contributed by atoms with Crippen LogP contribution in [0.2, 0.25) is 0 Å². The van der Waals surface area contributed by atoms with Crippen molar-refractivity contribution in [2.45, 2.75) is 33.2 Å². The van der Waals surface area contributed by atoms with E-state index in [9.17, 15) is 0 Å². The Kier molecular flexibility index (Phi) is 3.20. The fraction of sp³-hybridized carbons (Fsp3) is 0.571. The second-order valence-electron chi connectivity index (χ2n) is 5.22. The standard InChI is InChI=1S/C14H22N2/c1-10-6-11(2)8-13(7-10)16-5-4-14(15)12(3)9-16/h6-8,12,14H,4-5,9,15H2,1-3H3. The lowest BCUT2D eigenvalue weighted by molar-refractivity contribution is 0.383. The van der Waals surface area contributed by atoms with E-state index < -0.39 is 0 Å². The van der Waals surface area contributed by atoms with Gasteiger partial charge in [-0.3, -0.25) is 0 Å². The predicted molar refractivity (Wildman–Crippen MR) is 69.9 cm³/mol. The van der Waals surface area contributed by atoms with E-state index in [0.29, 0.717) is 12.0 Å². The molecule has 1 aromatic rings. The molecule has 1 aliphatic heterocycles. The van der Waals surface area contributed by atoms with Crippen LogP contribution < -0.4 is 10.6 Å². The van der Waals surface area contributed by atoms with Crippen molar-refractivity contribution >= 4 is 5.69 Å². The van der Waals surface area contributed by atoms with E-state index in [1.165, 1.54) is 16.8 Å². The third-order valence-corrected chi connectivity index (χ3v) is 3.54. The number of hydrogen-bond acceptors (Lipinski definition) is 2. The molecule has 0 bridgehead atoms. The second kappa shape index (κ2) is 4.46. The van der Waals surface area contributed by atoms with Crippen LogP contribution in [0.3, 0.4) is 0 Å². The Morgan fingerprint density at radius 1 is 1.19 bits per heavy atom. The number of aryl methyl sites for hydroxylation is 2. The average Bonchev–Trinajstić information content (AvgIpc) is 2.20. The van der Waals surface area contributed by atoms with Crippen LogP contribution in [0.25, 0.3) is 0 Å². The highest BCUT2D eigenvalue weighted by Gasteiger charge is 2.23. The lowest BCUT2D eigenvalue weighted by Crippen LogP contribution is -2.46. The number of benzene rings is 1. The topological polar surface area (TPSA) is 29.3 Å². The molecule has 2 heteroatoms. The molecule has 1 aliphatic rings. The molecule has 0 amide bonds. The highest BCUT2D eigenvalue weighted by molar-refractivity contribution is 5.51. The summed E-state index contributed by atoms with van der Waals surface area (Å²) in [5.74, 6) is 0.592. The molecule has 2 N–H and O–H groups in total. The quantitative estimate of drug-likeness (QED) is 0.784. The number of anilines is 1. The molecule has 0 aromatic heterocycles. The molecule has 2 unspecified atom stereocenters. The monoisotopic (exact) mass is 218 g/mol. The second-order valence-corrected chi connectivity index (χ2v) is 5.22. The van der Waals surface area contributed by atoms with Gasteiger partial charge >= 0.3 is 0 Å². The maximum Gasteiger partial charge on any atom is 0.0371 e. The molecule has 2 atom stereocenters. The van der Waals surface area contributed by atoms with E-state index in [0.717, 1.165) is 19.5 Å². The highest BCUT2D eigenvalue weighted by atomic mass is 15.1. The molecule has 1 fully saturated rings. The minimum atomic E-state index is 0.377. The van der Waals surface area contributed by atoms with Gasteiger partial charge in [0.15, 0.2) is 0 Å². The van der Waals surface area contributed by atoms with Crippen molar-refractivity contribution in [3.8, 4) is 0 Å². The predicted octanol–water partition coefficient (Wildman–Crippen LogP) is 2.48. The van der Waals surface area contributed by atoms with Crippen molar-refractivity contribution in [2.24, 2.45) is 11.7 Å². The fourth-order valence-electron chi connectivity index (χ4n) is 2.53. The van der Waals surface area contributed by atoms with E-state index in [2.05, 4.69) is 43.9 Å². The summed E-state index contributed by atoms with van der Waals surface area (Å²) in [5, 5.41) is 0. The molecule has 0 spiro atoms. The van der Waals surface area contributed by atoms with Crippen molar-refractivity contribution in [3.05, 3.63) is 29.3 Å². The molecule has 16 heavy (non-hydrogen) atoms. The molecule has 1 aromatic carbocycles. The van der Waals surface area contributed by atoms with Crippen molar-refractivity contribution in [1.29, 1.82) is 0 Å². The first kappa shape index (κ1) is 11.5. The molecule has 0 aliphatic carbocycles. The largest absolute Gasteiger partial charge is 0.371 e. The van der Waals surface area contributed by atoms with E-state index in [-0.39, 0.29) is 0 Å². The van der Waals surface area contributed by atoms with E-state index >= 15 is 0 Å². The summed E-state index contributed by atoms with van der Waals surface area (Å²) in [7, 11) is 0. The number of piperidine rings is 1. The normalized spacial score (nSPS) is 25.9. The van der Waals surface area contributed by atoms with Gasteiger partial charge in [0.25, 0.3) is 0 Å². The van der Waals surface area contributed by atoms with Crippen LogP contribution >= 0.6 is 0 Å². The lowest BCUT2D eigenvalue weighted by Gasteiger charge is -2.36. The van der Waals surface area contributed by atoms with Gasteiger partial charge in [-0.1, -0.05) is 13.0 Å². The summed E-state index contributed by atoms with van der Waals surface area (Å²) in [6.07, 6.45) is 1.11. The van der Waals surface area contributed by atoms with Gasteiger partial charge in [0.05, 0.1) is 0 Å². The van der Waals surface area contributed by atoms with E-state index in [1.54, 1.807) is 0 Å². The number of nitrogens with two attached hydrogens (primary N) is 1. The van der Waals surface area contributed by atoms with Gasteiger partial charge < -0.3 is 10.6 Å². The third-order valence-electron chi connectivity index (χ3n) is 3.54. The van der Waals surface area contributed by atoms with Crippen LogP contribution in [0, 0.1) is 19.8 Å². The Morgan fingerprint density at radius 2 is 1.81 bits per heavy atom. The summed E-state index contributed by atoms with van der Waals surface area (Å²) in [6.45, 7) is 8.75. The molecule has 88 valence electrons. The van der Waals surface area contributed by atoms with Crippen LogP contribution in [-0.2, 0) is 0 Å². The van der Waals surface area contributed by atoms with Crippen molar-refractivity contribution in [3.63, 3.8) is 0 Å². The van der Waals surface area contributed by atoms with Crippen LogP contribution in [0.4, 0.5) is 5.69 Å². The smallest absolute Gasteiger partial charge is 0.0371 e. The maximum atomic E-state index is 6.05. The Hall–Kier alpha value is -1.02. The van der Waals surface area contributed by atoms with E-state index in [4.69, 9.17) is 5.73 Å². The van der Waals surface area contributed by atoms with Crippen LogP contribution in [0.15, 0.2) is 18.2 Å². The summed E-state index contributed by atoms with van der Waals surface area (Å²) < 4.78 is 0. The summed E-state index contributed by atoms with van der Waals surface area (Å²) in [5.41, 5.74) is 10.1. The average molecular weight is 218 g/mol. The summed E-state index contributed by atoms with van der Waals surface area (Å²) >= 11 is 0. The Labute approximate surface area is 98.4 Å². The van der Waals surface area contributed by atoms with Gasteiger partial charge in [0.2, 0.25) is 0 Å². The van der Waals surface area contributed by atoms with Gasteiger partial charge in [-0.2, -0.15) is 0 Å². The van der Waals surface area contributed by atoms with Gasteiger partial charge in [0.1, 0.15) is 0 Å². The zero-order valence-electron chi connectivity index (χ0n) is 10.5. The highest BCUT2D eigenvalue weighted by Crippen LogP contribution is 2.24. The van der Waals surface area contributed by atoms with Gasteiger partial charge in [0, 0.05) is 24.8 Å². The molecule has 2 nitrogen and oxygen atoms in total.